The van der Waals surface area contributed by atoms with Gasteiger partial charge in [-0.05, 0) is 51.4 Å². The van der Waals surface area contributed by atoms with Gasteiger partial charge in [-0.15, -0.1) is 0 Å². The third kappa shape index (κ3) is 7.34. The van der Waals surface area contributed by atoms with Crippen LogP contribution in [0, 0.1) is 11.8 Å². The van der Waals surface area contributed by atoms with Gasteiger partial charge in [0.15, 0.2) is 0 Å². The van der Waals surface area contributed by atoms with E-state index in [1.807, 2.05) is 0 Å². The first-order valence-corrected chi connectivity index (χ1v) is 10.4. The van der Waals surface area contributed by atoms with Crippen LogP contribution in [-0.4, -0.2) is 35.5 Å². The fourth-order valence-corrected chi connectivity index (χ4v) is 4.12. The van der Waals surface area contributed by atoms with Crippen LogP contribution in [0.4, 0.5) is 0 Å². The predicted molar refractivity (Wildman–Crippen MR) is 99.6 cm³/mol. The molecule has 0 aromatic heterocycles. The molecule has 0 radical (unpaired) electrons. The van der Waals surface area contributed by atoms with Gasteiger partial charge in [-0.2, -0.15) is 0 Å². The van der Waals surface area contributed by atoms with E-state index in [4.69, 9.17) is 5.11 Å². The maximum absolute atomic E-state index is 12.2. The molecule has 0 heterocycles. The Balaban J connectivity index is 1.52. The highest BCUT2D eigenvalue weighted by atomic mass is 16.4. The van der Waals surface area contributed by atoms with E-state index in [1.165, 1.54) is 12.8 Å². The third-order valence-corrected chi connectivity index (χ3v) is 5.79. The van der Waals surface area contributed by atoms with Crippen LogP contribution in [0.3, 0.4) is 0 Å². The Kier molecular flexibility index (Phi) is 8.92. The highest BCUT2D eigenvalue weighted by Gasteiger charge is 2.29. The number of rotatable bonds is 10. The van der Waals surface area contributed by atoms with E-state index in [2.05, 4.69) is 10.6 Å². The Morgan fingerprint density at radius 3 is 2.04 bits per heavy atom. The molecule has 0 aliphatic heterocycles. The zero-order valence-electron chi connectivity index (χ0n) is 15.8. The molecule has 0 atom stereocenters. The van der Waals surface area contributed by atoms with Crippen molar-refractivity contribution in [3.05, 3.63) is 0 Å². The minimum atomic E-state index is -0.742. The summed E-state index contributed by atoms with van der Waals surface area (Å²) in [5.41, 5.74) is 0. The minimum Gasteiger partial charge on any atom is -0.481 e. The molecule has 2 fully saturated rings. The molecule has 0 bridgehead atoms. The zero-order valence-corrected chi connectivity index (χ0v) is 15.8. The Morgan fingerprint density at radius 2 is 1.38 bits per heavy atom. The Labute approximate surface area is 156 Å². The highest BCUT2D eigenvalue weighted by molar-refractivity contribution is 5.80. The van der Waals surface area contributed by atoms with Crippen molar-refractivity contribution in [3.8, 4) is 0 Å². The van der Waals surface area contributed by atoms with Gasteiger partial charge in [-0.1, -0.05) is 25.7 Å². The number of aliphatic carboxylic acids is 1. The predicted octanol–water partition coefficient (Wildman–Crippen LogP) is 3.00. The van der Waals surface area contributed by atoms with Gasteiger partial charge < -0.3 is 15.7 Å². The van der Waals surface area contributed by atoms with Crippen molar-refractivity contribution in [1.82, 2.24) is 10.6 Å². The summed E-state index contributed by atoms with van der Waals surface area (Å²) < 4.78 is 0. The normalized spacial score (nSPS) is 23.5. The first kappa shape index (κ1) is 20.7. The van der Waals surface area contributed by atoms with Gasteiger partial charge in [0.2, 0.25) is 11.8 Å². The van der Waals surface area contributed by atoms with Crippen LogP contribution in [0.5, 0.6) is 0 Å². The molecular weight excluding hydrogens is 332 g/mol. The summed E-state index contributed by atoms with van der Waals surface area (Å²) in [5.74, 6) is -0.101. The molecule has 148 valence electrons. The summed E-state index contributed by atoms with van der Waals surface area (Å²) in [6.07, 6.45) is 11.6. The number of hydrogen-bond donors (Lipinski definition) is 3. The maximum Gasteiger partial charge on any atom is 0.303 e. The van der Waals surface area contributed by atoms with Crippen LogP contribution in [0.2, 0.25) is 0 Å². The lowest BCUT2D eigenvalue weighted by Gasteiger charge is -2.29. The smallest absolute Gasteiger partial charge is 0.303 e. The van der Waals surface area contributed by atoms with E-state index in [1.54, 1.807) is 0 Å². The van der Waals surface area contributed by atoms with E-state index in [0.29, 0.717) is 13.0 Å². The largest absolute Gasteiger partial charge is 0.481 e. The average molecular weight is 367 g/mol. The molecule has 0 unspecified atom stereocenters. The first-order valence-electron chi connectivity index (χ1n) is 10.4. The topological polar surface area (TPSA) is 95.5 Å². The molecule has 2 aliphatic rings. The van der Waals surface area contributed by atoms with Crippen molar-refractivity contribution in [3.63, 3.8) is 0 Å². The van der Waals surface area contributed by atoms with Crippen molar-refractivity contribution < 1.29 is 19.5 Å². The van der Waals surface area contributed by atoms with Crippen LogP contribution < -0.4 is 10.6 Å². The lowest BCUT2D eigenvalue weighted by molar-refractivity contribution is -0.137. The van der Waals surface area contributed by atoms with Gasteiger partial charge in [-0.25, -0.2) is 0 Å². The number of carbonyl (C=O) groups is 3. The molecule has 2 aliphatic carbocycles. The summed E-state index contributed by atoms with van der Waals surface area (Å²) in [6.45, 7) is 0.671. The molecule has 2 saturated carbocycles. The molecular formula is C20H34N2O4. The standard InChI is InChI=1S/C20H34N2O4/c23-18(24)9-3-1-2-6-14-21-19(25)16-10-12-17(13-11-16)22-20(26)15-7-4-5-8-15/h15-17H,1-14H2,(H,21,25)(H,22,26)(H,23,24). The van der Waals surface area contributed by atoms with Crippen LogP contribution in [0.15, 0.2) is 0 Å². The quantitative estimate of drug-likeness (QED) is 0.518. The van der Waals surface area contributed by atoms with E-state index in [9.17, 15) is 14.4 Å². The van der Waals surface area contributed by atoms with E-state index >= 15 is 0 Å². The number of unbranched alkanes of at least 4 members (excludes halogenated alkanes) is 3. The molecule has 6 heteroatoms. The average Bonchev–Trinajstić information content (AvgIpc) is 3.16. The van der Waals surface area contributed by atoms with Gasteiger partial charge in [0.1, 0.15) is 0 Å². The second-order valence-electron chi connectivity index (χ2n) is 7.89. The van der Waals surface area contributed by atoms with Crippen LogP contribution >= 0.6 is 0 Å². The van der Waals surface area contributed by atoms with Gasteiger partial charge >= 0.3 is 5.97 Å². The number of hydrogen-bond acceptors (Lipinski definition) is 3. The number of carbonyl (C=O) groups excluding carboxylic acids is 2. The summed E-state index contributed by atoms with van der Waals surface area (Å²) >= 11 is 0. The Morgan fingerprint density at radius 1 is 0.769 bits per heavy atom. The van der Waals surface area contributed by atoms with Crippen molar-refractivity contribution >= 4 is 17.8 Å². The molecule has 2 rings (SSSR count). The SMILES string of the molecule is O=C(O)CCCCCCNC(=O)C1CCC(NC(=O)C2CCCC2)CC1. The highest BCUT2D eigenvalue weighted by Crippen LogP contribution is 2.27. The summed E-state index contributed by atoms with van der Waals surface area (Å²) in [5, 5.41) is 14.8. The molecule has 6 nitrogen and oxygen atoms in total. The fourth-order valence-electron chi connectivity index (χ4n) is 4.12. The fraction of sp³-hybridized carbons (Fsp3) is 0.850. The molecule has 3 N–H and O–H groups in total. The van der Waals surface area contributed by atoms with Crippen LogP contribution in [0.1, 0.15) is 83.5 Å². The van der Waals surface area contributed by atoms with Gasteiger partial charge in [0.25, 0.3) is 0 Å². The zero-order chi connectivity index (χ0) is 18.8. The van der Waals surface area contributed by atoms with Crippen LogP contribution in [0.25, 0.3) is 0 Å². The third-order valence-electron chi connectivity index (χ3n) is 5.79. The minimum absolute atomic E-state index is 0.0710. The van der Waals surface area contributed by atoms with Crippen molar-refractivity contribution in [2.24, 2.45) is 11.8 Å². The number of carboxylic acids is 1. The second kappa shape index (κ2) is 11.2. The number of nitrogens with one attached hydrogen (secondary N) is 2. The second-order valence-corrected chi connectivity index (χ2v) is 7.89. The molecule has 0 aromatic rings. The van der Waals surface area contributed by atoms with E-state index < -0.39 is 5.97 Å². The molecule has 0 aromatic carbocycles. The van der Waals surface area contributed by atoms with E-state index in [-0.39, 0.29) is 36.1 Å². The number of carboxylic acid groups (broad SMARTS) is 1. The van der Waals surface area contributed by atoms with Crippen molar-refractivity contribution in [1.29, 1.82) is 0 Å². The Hall–Kier alpha value is -1.59. The molecule has 0 saturated heterocycles. The Bertz CT molecular complexity index is 466. The maximum atomic E-state index is 12.2. The van der Waals surface area contributed by atoms with E-state index in [0.717, 1.165) is 57.8 Å². The summed E-state index contributed by atoms with van der Waals surface area (Å²) in [7, 11) is 0. The summed E-state index contributed by atoms with van der Waals surface area (Å²) in [6, 6.07) is 0.237. The lowest BCUT2D eigenvalue weighted by atomic mass is 9.85. The molecule has 2 amide bonds. The van der Waals surface area contributed by atoms with Gasteiger partial charge in [-0.3, -0.25) is 14.4 Å². The van der Waals surface area contributed by atoms with Gasteiger partial charge in [0.05, 0.1) is 0 Å². The van der Waals surface area contributed by atoms with Crippen LogP contribution in [-0.2, 0) is 14.4 Å². The van der Waals surface area contributed by atoms with Gasteiger partial charge in [0, 0.05) is 30.8 Å². The van der Waals surface area contributed by atoms with Crippen molar-refractivity contribution in [2.45, 2.75) is 89.5 Å². The van der Waals surface area contributed by atoms with Crippen molar-refractivity contribution in [2.75, 3.05) is 6.54 Å². The monoisotopic (exact) mass is 366 g/mol. The first-order chi connectivity index (χ1) is 12.6. The molecule has 0 spiro atoms. The summed E-state index contributed by atoms with van der Waals surface area (Å²) in [4.78, 5) is 34.9. The molecule has 26 heavy (non-hydrogen) atoms. The lowest BCUT2D eigenvalue weighted by Crippen LogP contribution is -2.42. The number of amides is 2.